The van der Waals surface area contributed by atoms with Crippen LogP contribution >= 0.6 is 11.3 Å². The van der Waals surface area contributed by atoms with E-state index in [4.69, 9.17) is 4.74 Å². The number of benzene rings is 2. The predicted octanol–water partition coefficient (Wildman–Crippen LogP) is 3.82. The third kappa shape index (κ3) is 3.77. The number of morpholine rings is 1. The van der Waals surface area contributed by atoms with Gasteiger partial charge in [0.25, 0.3) is 0 Å². The molecule has 1 saturated heterocycles. The number of ether oxygens (including phenoxy) is 1. The molecule has 1 aliphatic rings. The van der Waals surface area contributed by atoms with Gasteiger partial charge in [0, 0.05) is 31.2 Å². The SMILES string of the molecule is N#Cc1c(N2CCOCC2)sc(C(=O)O)c1C(CCO)c1ccc2ccccc2c1. The minimum atomic E-state index is -1.05. The molecule has 4 rings (SSSR count). The highest BCUT2D eigenvalue weighted by Crippen LogP contribution is 2.43. The van der Waals surface area contributed by atoms with Crippen LogP contribution < -0.4 is 4.90 Å². The first kappa shape index (κ1) is 20.4. The monoisotopic (exact) mass is 422 g/mol. The van der Waals surface area contributed by atoms with E-state index in [1.807, 2.05) is 47.4 Å². The summed E-state index contributed by atoms with van der Waals surface area (Å²) in [6.07, 6.45) is 0.340. The summed E-state index contributed by atoms with van der Waals surface area (Å²) in [7, 11) is 0. The molecule has 0 saturated carbocycles. The molecule has 3 aromatic rings. The van der Waals surface area contributed by atoms with Crippen LogP contribution in [0.25, 0.3) is 10.8 Å². The average molecular weight is 423 g/mol. The third-order valence-electron chi connectivity index (χ3n) is 5.47. The molecule has 0 bridgehead atoms. The first-order chi connectivity index (χ1) is 14.6. The number of nitrogens with zero attached hydrogens (tertiary/aromatic N) is 2. The number of carboxylic acids is 1. The molecule has 0 amide bonds. The van der Waals surface area contributed by atoms with Gasteiger partial charge in [0.2, 0.25) is 0 Å². The van der Waals surface area contributed by atoms with E-state index in [9.17, 15) is 20.3 Å². The Morgan fingerprint density at radius 3 is 2.60 bits per heavy atom. The first-order valence-corrected chi connectivity index (χ1v) is 10.7. The number of aliphatic hydroxyl groups is 1. The Balaban J connectivity index is 1.88. The standard InChI is InChI=1S/C23H22N2O4S/c24-14-19-20(21(23(27)28)30-22(19)25-8-11-29-12-9-25)18(7-10-26)17-6-5-15-3-1-2-4-16(15)13-17/h1-6,13,18,26H,7-12H2,(H,27,28). The summed E-state index contributed by atoms with van der Waals surface area (Å²) in [6.45, 7) is 2.23. The summed E-state index contributed by atoms with van der Waals surface area (Å²) in [6, 6.07) is 16.2. The van der Waals surface area contributed by atoms with Crippen molar-refractivity contribution in [2.75, 3.05) is 37.8 Å². The lowest BCUT2D eigenvalue weighted by atomic mass is 9.85. The fraction of sp³-hybridized carbons (Fsp3) is 0.304. The third-order valence-corrected chi connectivity index (χ3v) is 6.73. The van der Waals surface area contributed by atoms with Gasteiger partial charge >= 0.3 is 5.97 Å². The molecule has 1 atom stereocenters. The van der Waals surface area contributed by atoms with Gasteiger partial charge in [0.15, 0.2) is 0 Å². The van der Waals surface area contributed by atoms with E-state index < -0.39 is 5.97 Å². The van der Waals surface area contributed by atoms with E-state index in [1.54, 1.807) is 0 Å². The fourth-order valence-electron chi connectivity index (χ4n) is 4.05. The Hall–Kier alpha value is -2.92. The smallest absolute Gasteiger partial charge is 0.346 e. The lowest BCUT2D eigenvalue weighted by molar-refractivity contribution is 0.0700. The molecular weight excluding hydrogens is 400 g/mol. The van der Waals surface area contributed by atoms with Gasteiger partial charge in [-0.2, -0.15) is 5.26 Å². The molecule has 1 aliphatic heterocycles. The Labute approximate surface area is 178 Å². The fourth-order valence-corrected chi connectivity index (χ4v) is 5.26. The minimum absolute atomic E-state index is 0.107. The van der Waals surface area contributed by atoms with Crippen LogP contribution in [0.4, 0.5) is 5.00 Å². The van der Waals surface area contributed by atoms with Crippen molar-refractivity contribution in [2.45, 2.75) is 12.3 Å². The van der Waals surface area contributed by atoms with Gasteiger partial charge in [-0.05, 0) is 22.8 Å². The van der Waals surface area contributed by atoms with Crippen LogP contribution in [0.15, 0.2) is 42.5 Å². The van der Waals surface area contributed by atoms with Crippen molar-refractivity contribution in [2.24, 2.45) is 0 Å². The zero-order chi connectivity index (χ0) is 21.1. The predicted molar refractivity (Wildman–Crippen MR) is 117 cm³/mol. The van der Waals surface area contributed by atoms with Gasteiger partial charge < -0.3 is 19.8 Å². The largest absolute Gasteiger partial charge is 0.477 e. The van der Waals surface area contributed by atoms with Gasteiger partial charge in [0.1, 0.15) is 15.9 Å². The lowest BCUT2D eigenvalue weighted by Crippen LogP contribution is -2.36. The maximum Gasteiger partial charge on any atom is 0.346 e. The number of aromatic carboxylic acids is 1. The molecule has 7 heteroatoms. The lowest BCUT2D eigenvalue weighted by Gasteiger charge is -2.28. The maximum absolute atomic E-state index is 12.1. The molecular formula is C23H22N2O4S. The van der Waals surface area contributed by atoms with E-state index >= 15 is 0 Å². The molecule has 2 heterocycles. The number of aliphatic hydroxyl groups excluding tert-OH is 1. The molecule has 0 aliphatic carbocycles. The zero-order valence-electron chi connectivity index (χ0n) is 16.4. The van der Waals surface area contributed by atoms with Crippen LogP contribution in [-0.4, -0.2) is 49.1 Å². The number of anilines is 1. The number of hydrogen-bond acceptors (Lipinski definition) is 6. The maximum atomic E-state index is 12.1. The van der Waals surface area contributed by atoms with Crippen molar-refractivity contribution in [3.05, 3.63) is 64.0 Å². The Morgan fingerprint density at radius 1 is 1.20 bits per heavy atom. The Bertz CT molecular complexity index is 1110. The van der Waals surface area contributed by atoms with Gasteiger partial charge in [-0.15, -0.1) is 11.3 Å². The van der Waals surface area contributed by atoms with Crippen molar-refractivity contribution >= 4 is 33.1 Å². The summed E-state index contributed by atoms with van der Waals surface area (Å²) in [4.78, 5) is 14.3. The van der Waals surface area contributed by atoms with E-state index in [0.717, 1.165) is 27.7 Å². The molecule has 6 nitrogen and oxygen atoms in total. The first-order valence-electron chi connectivity index (χ1n) is 9.86. The molecule has 1 aromatic heterocycles. The van der Waals surface area contributed by atoms with Crippen molar-refractivity contribution in [1.82, 2.24) is 0 Å². The van der Waals surface area contributed by atoms with Gasteiger partial charge in [-0.3, -0.25) is 0 Å². The van der Waals surface area contributed by atoms with Gasteiger partial charge in [-0.25, -0.2) is 4.79 Å². The van der Waals surface area contributed by atoms with E-state index in [2.05, 4.69) is 6.07 Å². The molecule has 2 N–H and O–H groups in total. The Kier molecular flexibility index (Phi) is 6.00. The molecule has 30 heavy (non-hydrogen) atoms. The highest BCUT2D eigenvalue weighted by Gasteiger charge is 2.31. The van der Waals surface area contributed by atoms with Crippen LogP contribution in [0.5, 0.6) is 0 Å². The minimum Gasteiger partial charge on any atom is -0.477 e. The van der Waals surface area contributed by atoms with Crippen LogP contribution in [0.2, 0.25) is 0 Å². The number of carboxylic acid groups (broad SMARTS) is 1. The quantitative estimate of drug-likeness (QED) is 0.627. The van der Waals surface area contributed by atoms with Crippen LogP contribution in [0, 0.1) is 11.3 Å². The molecule has 154 valence electrons. The zero-order valence-corrected chi connectivity index (χ0v) is 17.2. The van der Waals surface area contributed by atoms with Crippen molar-refractivity contribution in [3.63, 3.8) is 0 Å². The van der Waals surface area contributed by atoms with E-state index in [0.29, 0.717) is 48.9 Å². The Morgan fingerprint density at radius 2 is 1.93 bits per heavy atom. The summed E-state index contributed by atoms with van der Waals surface area (Å²) >= 11 is 1.14. The number of carbonyl (C=O) groups is 1. The van der Waals surface area contributed by atoms with Crippen molar-refractivity contribution < 1.29 is 19.7 Å². The second kappa shape index (κ2) is 8.84. The van der Waals surface area contributed by atoms with E-state index in [1.165, 1.54) is 0 Å². The number of thiophene rings is 1. The molecule has 0 radical (unpaired) electrons. The van der Waals surface area contributed by atoms with E-state index in [-0.39, 0.29) is 17.4 Å². The number of rotatable bonds is 6. The van der Waals surface area contributed by atoms with Crippen LogP contribution in [-0.2, 0) is 4.74 Å². The summed E-state index contributed by atoms with van der Waals surface area (Å²) in [5, 5.41) is 32.5. The number of hydrogen-bond donors (Lipinski definition) is 2. The molecule has 1 unspecified atom stereocenters. The van der Waals surface area contributed by atoms with Gasteiger partial charge in [-0.1, -0.05) is 42.5 Å². The molecule has 2 aromatic carbocycles. The molecule has 0 spiro atoms. The highest BCUT2D eigenvalue weighted by molar-refractivity contribution is 7.18. The van der Waals surface area contributed by atoms with Crippen LogP contribution in [0.3, 0.4) is 0 Å². The summed E-state index contributed by atoms with van der Waals surface area (Å²) in [5.74, 6) is -1.43. The van der Waals surface area contributed by atoms with Gasteiger partial charge in [0.05, 0.1) is 18.8 Å². The molecule has 1 fully saturated rings. The second-order valence-corrected chi connectivity index (χ2v) is 8.21. The average Bonchev–Trinajstić information content (AvgIpc) is 3.17. The van der Waals surface area contributed by atoms with Crippen molar-refractivity contribution in [1.29, 1.82) is 5.26 Å². The van der Waals surface area contributed by atoms with Crippen molar-refractivity contribution in [3.8, 4) is 6.07 Å². The number of nitriles is 1. The normalized spacial score (nSPS) is 15.1. The second-order valence-electron chi connectivity index (χ2n) is 7.21. The number of fused-ring (bicyclic) bond motifs is 1. The van der Waals surface area contributed by atoms with Crippen LogP contribution in [0.1, 0.15) is 38.7 Å². The highest BCUT2D eigenvalue weighted by atomic mass is 32.1. The summed E-state index contributed by atoms with van der Waals surface area (Å²) in [5.41, 5.74) is 1.79. The summed E-state index contributed by atoms with van der Waals surface area (Å²) < 4.78 is 5.41. The topological polar surface area (TPSA) is 93.8 Å².